The van der Waals surface area contributed by atoms with Gasteiger partial charge in [-0.2, -0.15) is 13.2 Å². The minimum atomic E-state index is -4.38. The topological polar surface area (TPSA) is 38.5 Å². The van der Waals surface area contributed by atoms with Gasteiger partial charge in [-0.1, -0.05) is 0 Å². The van der Waals surface area contributed by atoms with Crippen molar-refractivity contribution in [2.75, 3.05) is 33.0 Å². The number of ether oxygens (including phenoxy) is 1. The van der Waals surface area contributed by atoms with Crippen LogP contribution in [0.4, 0.5) is 18.9 Å². The van der Waals surface area contributed by atoms with Crippen molar-refractivity contribution in [3.05, 3.63) is 23.8 Å². The summed E-state index contributed by atoms with van der Waals surface area (Å²) < 4.78 is 42.3. The maximum absolute atomic E-state index is 12.4. The molecule has 0 fully saturated rings. The van der Waals surface area contributed by atoms with Gasteiger partial charge < -0.3 is 15.4 Å². The Balaban J connectivity index is 2.70. The molecule has 2 N–H and O–H groups in total. The summed E-state index contributed by atoms with van der Waals surface area (Å²) in [7, 11) is 3.75. The fraction of sp³-hybridized carbons (Fsp3) is 0.455. The van der Waals surface area contributed by atoms with Crippen molar-refractivity contribution in [1.82, 2.24) is 4.90 Å². The zero-order valence-corrected chi connectivity index (χ0v) is 9.71. The number of likely N-dealkylation sites (N-methyl/N-ethyl adjacent to an activating group) is 1. The molecule has 0 atom stereocenters. The van der Waals surface area contributed by atoms with Crippen LogP contribution in [-0.2, 0) is 6.18 Å². The van der Waals surface area contributed by atoms with Crippen molar-refractivity contribution >= 4 is 5.69 Å². The summed E-state index contributed by atoms with van der Waals surface area (Å²) in [6.45, 7) is 1.04. The van der Waals surface area contributed by atoms with E-state index < -0.39 is 11.7 Å². The Labute approximate surface area is 98.0 Å². The van der Waals surface area contributed by atoms with Crippen LogP contribution in [0, 0.1) is 0 Å². The minimum absolute atomic E-state index is 0.00131. The predicted molar refractivity (Wildman–Crippen MR) is 59.9 cm³/mol. The SMILES string of the molecule is CN(C)CCOc1ccc(C(F)(F)F)cc1N. The van der Waals surface area contributed by atoms with E-state index in [2.05, 4.69) is 0 Å². The summed E-state index contributed by atoms with van der Waals surface area (Å²) in [5.74, 6) is 0.278. The maximum Gasteiger partial charge on any atom is 0.416 e. The van der Waals surface area contributed by atoms with E-state index in [1.807, 2.05) is 19.0 Å². The highest BCUT2D eigenvalue weighted by molar-refractivity contribution is 5.54. The van der Waals surface area contributed by atoms with Crippen LogP contribution in [0.2, 0.25) is 0 Å². The number of halogens is 3. The second-order valence-electron chi connectivity index (χ2n) is 3.90. The van der Waals surface area contributed by atoms with Crippen molar-refractivity contribution in [1.29, 1.82) is 0 Å². The Bertz CT molecular complexity index is 377. The number of nitrogen functional groups attached to an aromatic ring is 1. The molecule has 0 bridgehead atoms. The van der Waals surface area contributed by atoms with Crippen LogP contribution >= 0.6 is 0 Å². The molecule has 0 aliphatic carbocycles. The molecule has 0 saturated heterocycles. The Morgan fingerprint density at radius 3 is 2.41 bits per heavy atom. The quantitative estimate of drug-likeness (QED) is 0.830. The molecule has 3 nitrogen and oxygen atoms in total. The van der Waals surface area contributed by atoms with Crippen LogP contribution in [0.1, 0.15) is 5.56 Å². The number of hydrogen-bond acceptors (Lipinski definition) is 3. The number of nitrogens with zero attached hydrogens (tertiary/aromatic N) is 1. The summed E-state index contributed by atoms with van der Waals surface area (Å²) in [6.07, 6.45) is -4.38. The standard InChI is InChI=1S/C11H15F3N2O/c1-16(2)5-6-17-10-4-3-8(7-9(10)15)11(12,13)14/h3-4,7H,5-6,15H2,1-2H3. The normalized spacial score (nSPS) is 11.9. The summed E-state index contributed by atoms with van der Waals surface area (Å²) in [6, 6.07) is 3.08. The van der Waals surface area contributed by atoms with Gasteiger partial charge in [0.05, 0.1) is 11.3 Å². The molecule has 1 aromatic carbocycles. The van der Waals surface area contributed by atoms with E-state index in [4.69, 9.17) is 10.5 Å². The summed E-state index contributed by atoms with van der Waals surface area (Å²) in [5.41, 5.74) is 4.73. The third kappa shape index (κ3) is 4.14. The van der Waals surface area contributed by atoms with Crippen molar-refractivity contribution in [2.24, 2.45) is 0 Å². The molecule has 1 aromatic rings. The molecule has 0 unspecified atom stereocenters. The highest BCUT2D eigenvalue weighted by Gasteiger charge is 2.30. The van der Waals surface area contributed by atoms with E-state index >= 15 is 0 Å². The first kappa shape index (κ1) is 13.6. The molecule has 0 heterocycles. The predicted octanol–water partition coefficient (Wildman–Crippen LogP) is 2.23. The average molecular weight is 248 g/mol. The van der Waals surface area contributed by atoms with Gasteiger partial charge in [0.15, 0.2) is 0 Å². The Morgan fingerprint density at radius 1 is 1.29 bits per heavy atom. The maximum atomic E-state index is 12.4. The van der Waals surface area contributed by atoms with Gasteiger partial charge in [0, 0.05) is 6.54 Å². The van der Waals surface area contributed by atoms with E-state index in [1.165, 1.54) is 6.07 Å². The molecule has 0 saturated carbocycles. The Hall–Kier alpha value is -1.43. The first-order valence-corrected chi connectivity index (χ1v) is 5.05. The number of hydrogen-bond donors (Lipinski definition) is 1. The fourth-order valence-corrected chi connectivity index (χ4v) is 1.19. The van der Waals surface area contributed by atoms with Crippen molar-refractivity contribution < 1.29 is 17.9 Å². The summed E-state index contributed by atoms with van der Waals surface area (Å²) in [4.78, 5) is 1.90. The number of alkyl halides is 3. The number of benzene rings is 1. The van der Waals surface area contributed by atoms with Gasteiger partial charge >= 0.3 is 6.18 Å². The van der Waals surface area contributed by atoms with Gasteiger partial charge in [0.1, 0.15) is 12.4 Å². The lowest BCUT2D eigenvalue weighted by molar-refractivity contribution is -0.137. The molecule has 17 heavy (non-hydrogen) atoms. The number of rotatable bonds is 4. The third-order valence-corrected chi connectivity index (χ3v) is 2.13. The van der Waals surface area contributed by atoms with Crippen LogP contribution in [-0.4, -0.2) is 32.1 Å². The van der Waals surface area contributed by atoms with E-state index in [-0.39, 0.29) is 11.4 Å². The number of anilines is 1. The van der Waals surface area contributed by atoms with Gasteiger partial charge in [-0.05, 0) is 32.3 Å². The minimum Gasteiger partial charge on any atom is -0.490 e. The molecule has 0 aliphatic rings. The van der Waals surface area contributed by atoms with E-state index in [0.29, 0.717) is 13.2 Å². The highest BCUT2D eigenvalue weighted by Crippen LogP contribution is 2.33. The molecule has 0 aromatic heterocycles. The first-order valence-electron chi connectivity index (χ1n) is 5.05. The molecule has 6 heteroatoms. The summed E-state index contributed by atoms with van der Waals surface area (Å²) in [5, 5.41) is 0. The second-order valence-corrected chi connectivity index (χ2v) is 3.90. The molecule has 0 amide bonds. The van der Waals surface area contributed by atoms with E-state index in [9.17, 15) is 13.2 Å². The Morgan fingerprint density at radius 2 is 1.94 bits per heavy atom. The average Bonchev–Trinajstić information content (AvgIpc) is 2.18. The van der Waals surface area contributed by atoms with Gasteiger partial charge in [-0.3, -0.25) is 0 Å². The largest absolute Gasteiger partial charge is 0.490 e. The van der Waals surface area contributed by atoms with Crippen molar-refractivity contribution in [2.45, 2.75) is 6.18 Å². The zero-order chi connectivity index (χ0) is 13.1. The molecular formula is C11H15F3N2O. The van der Waals surface area contributed by atoms with Crippen LogP contribution in [0.3, 0.4) is 0 Å². The number of nitrogens with two attached hydrogens (primary N) is 1. The van der Waals surface area contributed by atoms with Gasteiger partial charge in [0.25, 0.3) is 0 Å². The Kier molecular flexibility index (Phi) is 4.22. The molecule has 0 spiro atoms. The molecule has 96 valence electrons. The van der Waals surface area contributed by atoms with E-state index in [0.717, 1.165) is 12.1 Å². The highest BCUT2D eigenvalue weighted by atomic mass is 19.4. The first-order chi connectivity index (χ1) is 7.80. The van der Waals surface area contributed by atoms with Crippen LogP contribution in [0.5, 0.6) is 5.75 Å². The van der Waals surface area contributed by atoms with Gasteiger partial charge in [-0.15, -0.1) is 0 Å². The van der Waals surface area contributed by atoms with Crippen LogP contribution < -0.4 is 10.5 Å². The zero-order valence-electron chi connectivity index (χ0n) is 9.71. The van der Waals surface area contributed by atoms with Gasteiger partial charge in [-0.25, -0.2) is 0 Å². The third-order valence-electron chi connectivity index (χ3n) is 2.13. The van der Waals surface area contributed by atoms with Crippen LogP contribution in [0.15, 0.2) is 18.2 Å². The molecule has 1 rings (SSSR count). The monoisotopic (exact) mass is 248 g/mol. The molecule has 0 aliphatic heterocycles. The molecule has 0 radical (unpaired) electrons. The summed E-state index contributed by atoms with van der Waals surface area (Å²) >= 11 is 0. The second kappa shape index (κ2) is 5.27. The fourth-order valence-electron chi connectivity index (χ4n) is 1.19. The van der Waals surface area contributed by atoms with E-state index in [1.54, 1.807) is 0 Å². The van der Waals surface area contributed by atoms with Gasteiger partial charge in [0.2, 0.25) is 0 Å². The lowest BCUT2D eigenvalue weighted by atomic mass is 10.2. The lowest BCUT2D eigenvalue weighted by Crippen LogP contribution is -2.19. The lowest BCUT2D eigenvalue weighted by Gasteiger charge is -2.14. The van der Waals surface area contributed by atoms with Crippen molar-refractivity contribution in [3.63, 3.8) is 0 Å². The smallest absolute Gasteiger partial charge is 0.416 e. The van der Waals surface area contributed by atoms with Crippen molar-refractivity contribution in [3.8, 4) is 5.75 Å². The van der Waals surface area contributed by atoms with Crippen LogP contribution in [0.25, 0.3) is 0 Å². The molecular weight excluding hydrogens is 233 g/mol.